The highest BCUT2D eigenvalue weighted by atomic mass is 17.2. The third-order valence-electron chi connectivity index (χ3n) is 2.28. The van der Waals surface area contributed by atoms with Crippen LogP contribution in [0.3, 0.4) is 0 Å². The number of hydrogen-bond donors (Lipinski definition) is 0. The van der Waals surface area contributed by atoms with E-state index in [1.165, 1.54) is 0 Å². The quantitative estimate of drug-likeness (QED) is 0.449. The summed E-state index contributed by atoms with van der Waals surface area (Å²) < 4.78 is 0. The second-order valence-corrected chi connectivity index (χ2v) is 6.73. The van der Waals surface area contributed by atoms with E-state index in [9.17, 15) is 9.59 Å². The van der Waals surface area contributed by atoms with E-state index in [-0.39, 0.29) is 0 Å². The van der Waals surface area contributed by atoms with Crippen molar-refractivity contribution in [2.24, 2.45) is 11.8 Å². The summed E-state index contributed by atoms with van der Waals surface area (Å²) in [5.74, 6) is -2.76. The Morgan fingerprint density at radius 1 is 0.850 bits per heavy atom. The zero-order valence-corrected chi connectivity index (χ0v) is 12.8. The summed E-state index contributed by atoms with van der Waals surface area (Å²) in [6, 6.07) is 0. The first-order valence-electron chi connectivity index (χ1n) is 6.40. The summed E-state index contributed by atoms with van der Waals surface area (Å²) in [6.07, 6.45) is 0. The van der Waals surface area contributed by atoms with Gasteiger partial charge in [0.2, 0.25) is 0 Å². The SMILES string of the molecule is C=C1C(C(=O)OOC(C)(C)C)C1C(=O)OOC(C)(C)C. The lowest BCUT2D eigenvalue weighted by molar-refractivity contribution is -0.325. The van der Waals surface area contributed by atoms with Crippen LogP contribution in [0, 0.1) is 11.8 Å². The smallest absolute Gasteiger partial charge is 0.297 e. The van der Waals surface area contributed by atoms with Crippen LogP contribution in [-0.4, -0.2) is 23.1 Å². The molecule has 1 rings (SSSR count). The van der Waals surface area contributed by atoms with Crippen molar-refractivity contribution in [1.29, 1.82) is 0 Å². The predicted molar refractivity (Wildman–Crippen MR) is 70.0 cm³/mol. The average molecular weight is 286 g/mol. The summed E-state index contributed by atoms with van der Waals surface area (Å²) >= 11 is 0. The molecule has 0 heterocycles. The van der Waals surface area contributed by atoms with E-state index in [1.807, 2.05) is 0 Å². The minimum absolute atomic E-state index is 0.440. The van der Waals surface area contributed by atoms with Gasteiger partial charge in [-0.2, -0.15) is 9.78 Å². The summed E-state index contributed by atoms with van der Waals surface area (Å²) in [6.45, 7) is 14.1. The molecule has 6 heteroatoms. The Morgan fingerprint density at radius 2 is 1.15 bits per heavy atom. The van der Waals surface area contributed by atoms with Crippen LogP contribution in [0.5, 0.6) is 0 Å². The van der Waals surface area contributed by atoms with Crippen molar-refractivity contribution in [2.45, 2.75) is 52.7 Å². The molecule has 6 nitrogen and oxygen atoms in total. The van der Waals surface area contributed by atoms with Crippen LogP contribution in [0.15, 0.2) is 12.2 Å². The molecule has 1 aliphatic rings. The molecule has 2 unspecified atom stereocenters. The molecular weight excluding hydrogens is 264 g/mol. The first kappa shape index (κ1) is 16.7. The number of carbonyl (C=O) groups excluding carboxylic acids is 2. The minimum Gasteiger partial charge on any atom is -0.297 e. The normalized spacial score (nSPS) is 22.4. The van der Waals surface area contributed by atoms with Gasteiger partial charge in [0.1, 0.15) is 11.2 Å². The molecule has 0 aliphatic heterocycles. The van der Waals surface area contributed by atoms with Gasteiger partial charge in [-0.15, -0.1) is 0 Å². The van der Waals surface area contributed by atoms with Gasteiger partial charge in [-0.05, 0) is 47.1 Å². The fourth-order valence-corrected chi connectivity index (χ4v) is 1.33. The third kappa shape index (κ3) is 4.94. The molecular formula is C14H22O6. The van der Waals surface area contributed by atoms with Crippen molar-refractivity contribution < 1.29 is 29.1 Å². The van der Waals surface area contributed by atoms with Crippen LogP contribution in [0.1, 0.15) is 41.5 Å². The van der Waals surface area contributed by atoms with Gasteiger partial charge < -0.3 is 0 Å². The lowest BCUT2D eigenvalue weighted by atomic mass is 10.2. The van der Waals surface area contributed by atoms with Gasteiger partial charge in [0, 0.05) is 0 Å². The van der Waals surface area contributed by atoms with Gasteiger partial charge in [-0.25, -0.2) is 9.59 Å². The highest BCUT2D eigenvalue weighted by Gasteiger charge is 2.56. The van der Waals surface area contributed by atoms with Crippen LogP contribution in [0.4, 0.5) is 0 Å². The molecule has 0 aromatic heterocycles. The fourth-order valence-electron chi connectivity index (χ4n) is 1.33. The molecule has 0 N–H and O–H groups in total. The van der Waals surface area contributed by atoms with E-state index >= 15 is 0 Å². The first-order chi connectivity index (χ1) is 8.92. The summed E-state index contributed by atoms with van der Waals surface area (Å²) in [5, 5.41) is 0. The minimum atomic E-state index is -0.728. The van der Waals surface area contributed by atoms with E-state index in [0.717, 1.165) is 0 Å². The van der Waals surface area contributed by atoms with Gasteiger partial charge in [0.25, 0.3) is 0 Å². The molecule has 2 atom stereocenters. The van der Waals surface area contributed by atoms with Crippen LogP contribution in [0.25, 0.3) is 0 Å². The lowest BCUT2D eigenvalue weighted by Crippen LogP contribution is -2.25. The number of hydrogen-bond acceptors (Lipinski definition) is 6. The van der Waals surface area contributed by atoms with Crippen molar-refractivity contribution in [3.05, 3.63) is 12.2 Å². The fraction of sp³-hybridized carbons (Fsp3) is 0.714. The van der Waals surface area contributed by atoms with E-state index < -0.39 is 35.0 Å². The van der Waals surface area contributed by atoms with Crippen LogP contribution in [0.2, 0.25) is 0 Å². The molecule has 0 amide bonds. The second kappa shape index (κ2) is 5.54. The van der Waals surface area contributed by atoms with E-state index in [0.29, 0.717) is 5.57 Å². The van der Waals surface area contributed by atoms with Gasteiger partial charge in [-0.1, -0.05) is 6.58 Å². The predicted octanol–water partition coefficient (Wildman–Crippen LogP) is 2.34. The van der Waals surface area contributed by atoms with Crippen molar-refractivity contribution in [2.75, 3.05) is 0 Å². The van der Waals surface area contributed by atoms with Gasteiger partial charge in [-0.3, -0.25) is 9.78 Å². The Kier molecular flexibility index (Phi) is 4.61. The molecule has 1 aliphatic carbocycles. The Balaban J connectivity index is 2.46. The van der Waals surface area contributed by atoms with E-state index in [1.54, 1.807) is 41.5 Å². The highest BCUT2D eigenvalue weighted by Crippen LogP contribution is 2.46. The van der Waals surface area contributed by atoms with Crippen molar-refractivity contribution in [3.8, 4) is 0 Å². The molecule has 1 fully saturated rings. The van der Waals surface area contributed by atoms with Crippen LogP contribution < -0.4 is 0 Å². The maximum atomic E-state index is 11.7. The number of rotatable bonds is 4. The van der Waals surface area contributed by atoms with Crippen LogP contribution in [-0.2, 0) is 29.1 Å². The zero-order valence-electron chi connectivity index (χ0n) is 12.8. The molecule has 0 aromatic rings. The Morgan fingerprint density at radius 3 is 1.40 bits per heavy atom. The summed E-state index contributed by atoms with van der Waals surface area (Å²) in [7, 11) is 0. The topological polar surface area (TPSA) is 71.1 Å². The number of carbonyl (C=O) groups is 2. The maximum absolute atomic E-state index is 11.7. The lowest BCUT2D eigenvalue weighted by Gasteiger charge is -2.17. The summed E-state index contributed by atoms with van der Waals surface area (Å²) in [4.78, 5) is 42.6. The Hall–Kier alpha value is -1.40. The Bertz CT molecular complexity index is 374. The maximum Gasteiger partial charge on any atom is 0.350 e. The molecule has 0 bridgehead atoms. The van der Waals surface area contributed by atoms with Gasteiger partial charge in [0.05, 0.1) is 11.8 Å². The first-order valence-corrected chi connectivity index (χ1v) is 6.40. The standard InChI is InChI=1S/C14H22O6/c1-8-9(11(15)17-19-13(2,3)4)10(8)12(16)18-20-14(5,6)7/h9-10H,1H2,2-7H3. The largest absolute Gasteiger partial charge is 0.350 e. The third-order valence-corrected chi connectivity index (χ3v) is 2.28. The van der Waals surface area contributed by atoms with Crippen molar-refractivity contribution in [3.63, 3.8) is 0 Å². The highest BCUT2D eigenvalue weighted by molar-refractivity contribution is 5.94. The zero-order chi connectivity index (χ0) is 15.7. The average Bonchev–Trinajstić information content (AvgIpc) is 2.92. The molecule has 114 valence electrons. The Labute approximate surface area is 118 Å². The molecule has 0 spiro atoms. The molecule has 1 saturated carbocycles. The molecule has 0 saturated heterocycles. The monoisotopic (exact) mass is 286 g/mol. The van der Waals surface area contributed by atoms with Crippen molar-refractivity contribution >= 4 is 11.9 Å². The molecule has 0 radical (unpaired) electrons. The molecule has 20 heavy (non-hydrogen) atoms. The van der Waals surface area contributed by atoms with Gasteiger partial charge in [0.15, 0.2) is 0 Å². The van der Waals surface area contributed by atoms with Gasteiger partial charge >= 0.3 is 11.9 Å². The van der Waals surface area contributed by atoms with Crippen LogP contribution >= 0.6 is 0 Å². The van der Waals surface area contributed by atoms with E-state index in [2.05, 4.69) is 16.4 Å². The van der Waals surface area contributed by atoms with Crippen molar-refractivity contribution in [1.82, 2.24) is 0 Å². The van der Waals surface area contributed by atoms with E-state index in [4.69, 9.17) is 9.78 Å². The second-order valence-electron chi connectivity index (χ2n) is 6.73. The molecule has 0 aromatic carbocycles. The summed E-state index contributed by atoms with van der Waals surface area (Å²) in [5.41, 5.74) is -0.788.